The first-order valence-electron chi connectivity index (χ1n) is 11.6. The second-order valence-electron chi connectivity index (χ2n) is 8.64. The SMILES string of the molecule is CCc1cc(OC)c(F)cc1-c1ccc2c(C3NC4=C(CNC(C(=O)OC)C4)N3SF)nn(PI)c2c1. The molecule has 13 heteroatoms. The molecule has 0 spiro atoms. The van der Waals surface area contributed by atoms with Crippen LogP contribution in [0.5, 0.6) is 5.75 Å². The van der Waals surface area contributed by atoms with E-state index in [1.807, 2.05) is 29.6 Å². The Hall–Kier alpha value is -2.15. The van der Waals surface area contributed by atoms with Gasteiger partial charge in [0.1, 0.15) is 11.7 Å². The van der Waals surface area contributed by atoms with Gasteiger partial charge in [0.2, 0.25) is 0 Å². The van der Waals surface area contributed by atoms with Crippen LogP contribution in [0.2, 0.25) is 0 Å². The molecule has 2 aliphatic heterocycles. The summed E-state index contributed by atoms with van der Waals surface area (Å²) in [6, 6.07) is 8.65. The summed E-state index contributed by atoms with van der Waals surface area (Å²) in [4.78, 5) is 12.1. The van der Waals surface area contributed by atoms with Gasteiger partial charge in [-0.25, -0.2) is 8.84 Å². The highest BCUT2D eigenvalue weighted by Gasteiger charge is 2.40. The third-order valence-corrected chi connectivity index (χ3v) is 9.21. The molecule has 0 bridgehead atoms. The summed E-state index contributed by atoms with van der Waals surface area (Å²) in [7, 11) is 2.81. The van der Waals surface area contributed by atoms with Gasteiger partial charge in [0, 0.05) is 24.0 Å². The predicted molar refractivity (Wildman–Crippen MR) is 151 cm³/mol. The zero-order valence-corrected chi connectivity index (χ0v) is 24.2. The van der Waals surface area contributed by atoms with Crippen molar-refractivity contribution in [1.82, 2.24) is 24.5 Å². The van der Waals surface area contributed by atoms with Gasteiger partial charge in [0.05, 0.1) is 31.8 Å². The number of fused-ring (bicyclic) bond motifs is 1. The van der Waals surface area contributed by atoms with Crippen molar-refractivity contribution in [2.24, 2.45) is 0 Å². The Morgan fingerprint density at radius 3 is 2.81 bits per heavy atom. The molecule has 3 unspecified atom stereocenters. The lowest BCUT2D eigenvalue weighted by atomic mass is 9.96. The maximum absolute atomic E-state index is 14.6. The fourth-order valence-corrected chi connectivity index (χ4v) is 6.92. The first-order chi connectivity index (χ1) is 17.9. The summed E-state index contributed by atoms with van der Waals surface area (Å²) in [5, 5.41) is 12.2. The van der Waals surface area contributed by atoms with Crippen molar-refractivity contribution >= 4 is 57.6 Å². The highest BCUT2D eigenvalue weighted by Crippen LogP contribution is 2.43. The molecule has 0 saturated carbocycles. The summed E-state index contributed by atoms with van der Waals surface area (Å²) in [6.45, 7) is 2.35. The number of nitrogens with one attached hydrogen (secondary N) is 2. The summed E-state index contributed by atoms with van der Waals surface area (Å²) < 4.78 is 42.3. The van der Waals surface area contributed by atoms with Crippen LogP contribution in [-0.2, 0) is 16.0 Å². The van der Waals surface area contributed by atoms with Gasteiger partial charge in [0.15, 0.2) is 30.1 Å². The number of hydrogen-bond donors (Lipinski definition) is 2. The predicted octanol–water partition coefficient (Wildman–Crippen LogP) is 5.39. The molecule has 3 atom stereocenters. The summed E-state index contributed by atoms with van der Waals surface area (Å²) in [6.07, 6.45) is 0.838. The molecule has 0 saturated heterocycles. The molecule has 2 aliphatic rings. The largest absolute Gasteiger partial charge is 0.494 e. The zero-order valence-electron chi connectivity index (χ0n) is 20.3. The van der Waals surface area contributed by atoms with Crippen LogP contribution in [-0.4, -0.2) is 46.6 Å². The van der Waals surface area contributed by atoms with E-state index >= 15 is 0 Å². The van der Waals surface area contributed by atoms with Crippen LogP contribution in [0.1, 0.15) is 30.8 Å². The van der Waals surface area contributed by atoms with E-state index < -0.39 is 18.0 Å². The number of aryl methyl sites for hydroxylation is 1. The van der Waals surface area contributed by atoms with Crippen LogP contribution in [0.3, 0.4) is 0 Å². The van der Waals surface area contributed by atoms with Gasteiger partial charge < -0.3 is 14.8 Å². The monoisotopic (exact) mass is 659 g/mol. The van der Waals surface area contributed by atoms with Crippen LogP contribution >= 0.6 is 40.7 Å². The van der Waals surface area contributed by atoms with Gasteiger partial charge in [0.25, 0.3) is 0 Å². The molecule has 2 aromatic carbocycles. The van der Waals surface area contributed by atoms with Crippen LogP contribution in [0.15, 0.2) is 41.7 Å². The van der Waals surface area contributed by atoms with Gasteiger partial charge in [-0.2, -0.15) is 5.10 Å². The van der Waals surface area contributed by atoms with Gasteiger partial charge in [-0.1, -0.05) is 19.1 Å². The Balaban J connectivity index is 1.54. The number of methoxy groups -OCH3 is 2. The average molecular weight is 659 g/mol. The molecule has 0 aliphatic carbocycles. The summed E-state index contributed by atoms with van der Waals surface area (Å²) in [5.74, 6) is -0.550. The van der Waals surface area contributed by atoms with E-state index in [-0.39, 0.29) is 24.1 Å². The first kappa shape index (κ1) is 26.5. The Morgan fingerprint density at radius 2 is 2.14 bits per heavy atom. The summed E-state index contributed by atoms with van der Waals surface area (Å²) >= 11 is 2.39. The number of carbonyl (C=O) groups excluding carboxylic acids is 1. The molecular weight excluding hydrogens is 634 g/mol. The molecule has 37 heavy (non-hydrogen) atoms. The van der Waals surface area contributed by atoms with Crippen molar-refractivity contribution < 1.29 is 22.5 Å². The third kappa shape index (κ3) is 4.66. The highest BCUT2D eigenvalue weighted by atomic mass is 127. The molecule has 0 fully saturated rings. The van der Waals surface area contributed by atoms with Gasteiger partial charge >= 0.3 is 5.97 Å². The summed E-state index contributed by atoms with van der Waals surface area (Å²) in [5.41, 5.74) is 5.73. The fourth-order valence-electron chi connectivity index (χ4n) is 4.91. The Labute approximate surface area is 232 Å². The van der Waals surface area contributed by atoms with E-state index in [0.29, 0.717) is 25.0 Å². The number of esters is 1. The lowest BCUT2D eigenvalue weighted by molar-refractivity contribution is -0.143. The van der Waals surface area contributed by atoms with Crippen molar-refractivity contribution in [2.75, 3.05) is 20.8 Å². The van der Waals surface area contributed by atoms with Gasteiger partial charge in [-0.3, -0.25) is 14.4 Å². The molecular formula is C24H25F2IN5O3PS. The minimum atomic E-state index is -0.551. The van der Waals surface area contributed by atoms with Crippen LogP contribution in [0, 0.1) is 5.82 Å². The van der Waals surface area contributed by atoms with Crippen molar-refractivity contribution in [3.63, 3.8) is 0 Å². The molecule has 3 aromatic rings. The third-order valence-electron chi connectivity index (χ3n) is 6.76. The second kappa shape index (κ2) is 10.9. The molecule has 3 heterocycles. The van der Waals surface area contributed by atoms with Gasteiger partial charge in [-0.05, 0) is 63.4 Å². The van der Waals surface area contributed by atoms with Gasteiger partial charge in [-0.15, -0.1) is 3.89 Å². The van der Waals surface area contributed by atoms with Crippen molar-refractivity contribution in [3.8, 4) is 16.9 Å². The Bertz CT molecular complexity index is 1400. The topological polar surface area (TPSA) is 80.7 Å². The number of benzene rings is 2. The van der Waals surface area contributed by atoms with E-state index in [2.05, 4.69) is 32.7 Å². The minimum Gasteiger partial charge on any atom is -0.494 e. The standard InChI is InChI=1S/C24H25F2IN5O3PS/c1-4-12-8-21(34-2)16(25)9-15(12)13-5-6-14-19(7-13)32(36-27)30-22(14)23-29-17-10-18(24(33)35-3)28-11-20(17)31(23)37-26/h5-9,18,23,28-29,36H,4,10-11H2,1-3H3. The van der Waals surface area contributed by atoms with E-state index in [4.69, 9.17) is 14.6 Å². The average Bonchev–Trinajstić information content (AvgIpc) is 3.49. The number of ether oxygens (including phenoxy) is 2. The number of aromatic nitrogens is 2. The van der Waals surface area contributed by atoms with E-state index in [1.165, 1.54) is 20.3 Å². The van der Waals surface area contributed by atoms with Crippen molar-refractivity contribution in [3.05, 3.63) is 58.8 Å². The first-order valence-corrected chi connectivity index (χ1v) is 16.3. The number of halogens is 3. The maximum Gasteiger partial charge on any atom is 0.323 e. The van der Waals surface area contributed by atoms with Crippen molar-refractivity contribution in [2.45, 2.75) is 32.0 Å². The molecule has 1 aromatic heterocycles. The smallest absolute Gasteiger partial charge is 0.323 e. The Morgan fingerprint density at radius 1 is 1.32 bits per heavy atom. The lowest BCUT2D eigenvalue weighted by Crippen LogP contribution is -2.43. The number of rotatable bonds is 7. The zero-order chi connectivity index (χ0) is 26.3. The normalized spacial score (nSPS) is 19.6. The molecule has 0 radical (unpaired) electrons. The molecule has 196 valence electrons. The van der Waals surface area contributed by atoms with E-state index in [9.17, 15) is 13.1 Å². The number of nitrogens with zero attached hydrogens (tertiary/aromatic N) is 3. The van der Waals surface area contributed by atoms with Crippen LogP contribution in [0.25, 0.3) is 22.0 Å². The second-order valence-corrected chi connectivity index (χ2v) is 11.2. The maximum atomic E-state index is 14.6. The quantitative estimate of drug-likeness (QED) is 0.152. The minimum absolute atomic E-state index is 0.126. The Kier molecular flexibility index (Phi) is 7.80. The van der Waals surface area contributed by atoms with Crippen LogP contribution < -0.4 is 15.4 Å². The highest BCUT2D eigenvalue weighted by molar-refractivity contribution is 14.2. The van der Waals surface area contributed by atoms with E-state index in [0.717, 1.165) is 45.4 Å². The lowest BCUT2D eigenvalue weighted by Gasteiger charge is -2.25. The fraction of sp³-hybridized carbons (Fsp3) is 0.333. The molecule has 8 nitrogen and oxygen atoms in total. The molecule has 0 amide bonds. The van der Waals surface area contributed by atoms with E-state index in [1.54, 1.807) is 10.4 Å². The van der Waals surface area contributed by atoms with Crippen LogP contribution in [0.4, 0.5) is 8.28 Å². The molecule has 2 N–H and O–H groups in total. The number of carbonyl (C=O) groups is 1. The number of hydrogen-bond acceptors (Lipinski definition) is 8. The molecule has 5 rings (SSSR count). The van der Waals surface area contributed by atoms with Crippen molar-refractivity contribution in [1.29, 1.82) is 0 Å².